The van der Waals surface area contributed by atoms with Gasteiger partial charge in [0.25, 0.3) is 5.91 Å². The van der Waals surface area contributed by atoms with Crippen molar-refractivity contribution in [2.45, 2.75) is 26.5 Å². The second kappa shape index (κ2) is 9.01. The lowest BCUT2D eigenvalue weighted by molar-refractivity contribution is -0.148. The van der Waals surface area contributed by atoms with Crippen LogP contribution in [0.15, 0.2) is 42.5 Å². The van der Waals surface area contributed by atoms with Gasteiger partial charge in [0.05, 0.1) is 0 Å². The number of esters is 1. The van der Waals surface area contributed by atoms with Gasteiger partial charge in [-0.15, -0.1) is 0 Å². The van der Waals surface area contributed by atoms with Crippen LogP contribution in [0.2, 0.25) is 10.0 Å². The van der Waals surface area contributed by atoms with Crippen molar-refractivity contribution in [1.82, 2.24) is 5.32 Å². The fourth-order valence-corrected chi connectivity index (χ4v) is 2.66. The maximum Gasteiger partial charge on any atom is 0.329 e. The summed E-state index contributed by atoms with van der Waals surface area (Å²) in [5.41, 5.74) is 0.863. The molecule has 26 heavy (non-hydrogen) atoms. The first-order chi connectivity index (χ1) is 12.3. The number of hydrogen-bond donors (Lipinski definition) is 1. The molecule has 1 amide bonds. The number of carbonyl (C=O) groups is 2. The molecule has 1 N–H and O–H groups in total. The number of nitrogens with one attached hydrogen (secondary N) is 1. The van der Waals surface area contributed by atoms with E-state index in [0.29, 0.717) is 15.6 Å². The zero-order chi connectivity index (χ0) is 19.3. The molecule has 0 aromatic heterocycles. The van der Waals surface area contributed by atoms with E-state index in [9.17, 15) is 14.0 Å². The van der Waals surface area contributed by atoms with Gasteiger partial charge in [-0.1, -0.05) is 43.1 Å². The summed E-state index contributed by atoms with van der Waals surface area (Å²) in [6.45, 7) is 3.53. The number of amides is 1. The fraction of sp³-hybridized carbons (Fsp3) is 0.263. The van der Waals surface area contributed by atoms with E-state index in [1.807, 2.05) is 0 Å². The Balaban J connectivity index is 2.02. The minimum atomic E-state index is -0.848. The molecular formula is C19H18Cl2FNO3. The van der Waals surface area contributed by atoms with E-state index in [-0.39, 0.29) is 18.1 Å². The van der Waals surface area contributed by atoms with Crippen molar-refractivity contribution < 1.29 is 18.7 Å². The van der Waals surface area contributed by atoms with Gasteiger partial charge in [0.15, 0.2) is 0 Å². The van der Waals surface area contributed by atoms with Gasteiger partial charge < -0.3 is 10.1 Å². The molecule has 0 aliphatic rings. The summed E-state index contributed by atoms with van der Waals surface area (Å²) in [7, 11) is 0. The first-order valence-corrected chi connectivity index (χ1v) is 8.70. The quantitative estimate of drug-likeness (QED) is 0.722. The SMILES string of the molecule is CC(C)C(NC(=O)c1ccc(F)cc1)C(=O)OCc1ccc(Cl)cc1Cl. The van der Waals surface area contributed by atoms with Gasteiger partial charge in [-0.2, -0.15) is 0 Å². The molecule has 0 bridgehead atoms. The lowest BCUT2D eigenvalue weighted by Gasteiger charge is -2.21. The van der Waals surface area contributed by atoms with Crippen LogP contribution in [0.1, 0.15) is 29.8 Å². The first kappa shape index (κ1) is 20.2. The molecule has 0 heterocycles. The molecule has 4 nitrogen and oxygen atoms in total. The molecule has 0 radical (unpaired) electrons. The molecule has 1 unspecified atom stereocenters. The molecule has 0 fully saturated rings. The van der Waals surface area contributed by atoms with E-state index in [2.05, 4.69) is 5.32 Å². The smallest absolute Gasteiger partial charge is 0.329 e. The van der Waals surface area contributed by atoms with Gasteiger partial charge >= 0.3 is 5.97 Å². The van der Waals surface area contributed by atoms with Crippen LogP contribution >= 0.6 is 23.2 Å². The van der Waals surface area contributed by atoms with E-state index in [4.69, 9.17) is 27.9 Å². The summed E-state index contributed by atoms with van der Waals surface area (Å²) in [4.78, 5) is 24.7. The predicted molar refractivity (Wildman–Crippen MR) is 98.8 cm³/mol. The fourth-order valence-electron chi connectivity index (χ4n) is 2.20. The topological polar surface area (TPSA) is 55.4 Å². The summed E-state index contributed by atoms with van der Waals surface area (Å²) >= 11 is 11.9. The monoisotopic (exact) mass is 397 g/mol. The van der Waals surface area contributed by atoms with Crippen molar-refractivity contribution in [3.8, 4) is 0 Å². The first-order valence-electron chi connectivity index (χ1n) is 7.95. The number of ether oxygens (including phenoxy) is 1. The van der Waals surface area contributed by atoms with E-state index in [1.165, 1.54) is 24.3 Å². The van der Waals surface area contributed by atoms with Gasteiger partial charge in [-0.3, -0.25) is 4.79 Å². The average molecular weight is 398 g/mol. The van der Waals surface area contributed by atoms with Crippen LogP contribution in [0, 0.1) is 11.7 Å². The standard InChI is InChI=1S/C19H18Cl2FNO3/c1-11(2)17(23-18(24)12-4-7-15(22)8-5-12)19(25)26-10-13-3-6-14(20)9-16(13)21/h3-9,11,17H,10H2,1-2H3,(H,23,24). The Morgan fingerprint density at radius 1 is 1.12 bits per heavy atom. The van der Waals surface area contributed by atoms with Crippen LogP contribution in [0.3, 0.4) is 0 Å². The highest BCUT2D eigenvalue weighted by atomic mass is 35.5. The molecule has 2 aromatic carbocycles. The summed E-state index contributed by atoms with van der Waals surface area (Å²) in [6, 6.07) is 9.08. The summed E-state index contributed by atoms with van der Waals surface area (Å²) < 4.78 is 18.3. The normalized spacial score (nSPS) is 11.9. The Kier molecular flexibility index (Phi) is 7.00. The third kappa shape index (κ3) is 5.44. The third-order valence-electron chi connectivity index (χ3n) is 3.70. The Bertz CT molecular complexity index is 794. The highest BCUT2D eigenvalue weighted by molar-refractivity contribution is 6.35. The zero-order valence-corrected chi connectivity index (χ0v) is 15.8. The molecule has 138 valence electrons. The lowest BCUT2D eigenvalue weighted by Crippen LogP contribution is -2.45. The summed E-state index contributed by atoms with van der Waals surface area (Å²) in [5, 5.41) is 3.50. The van der Waals surface area contributed by atoms with Crippen molar-refractivity contribution in [3.05, 3.63) is 69.5 Å². The molecule has 2 aromatic rings. The van der Waals surface area contributed by atoms with Crippen LogP contribution in [0.4, 0.5) is 4.39 Å². The molecule has 0 saturated carbocycles. The maximum absolute atomic E-state index is 13.0. The van der Waals surface area contributed by atoms with E-state index in [1.54, 1.807) is 32.0 Å². The number of rotatable bonds is 6. The number of benzene rings is 2. The molecule has 0 aliphatic heterocycles. The Hall–Kier alpha value is -2.11. The van der Waals surface area contributed by atoms with Gasteiger partial charge in [0.2, 0.25) is 0 Å². The molecule has 1 atom stereocenters. The van der Waals surface area contributed by atoms with Crippen molar-refractivity contribution in [1.29, 1.82) is 0 Å². The molecule has 0 saturated heterocycles. The van der Waals surface area contributed by atoms with Crippen molar-refractivity contribution in [2.75, 3.05) is 0 Å². The third-order valence-corrected chi connectivity index (χ3v) is 4.29. The zero-order valence-electron chi connectivity index (χ0n) is 14.3. The van der Waals surface area contributed by atoms with E-state index in [0.717, 1.165) is 0 Å². The van der Waals surface area contributed by atoms with Crippen molar-refractivity contribution in [2.24, 2.45) is 5.92 Å². The molecule has 2 rings (SSSR count). The van der Waals surface area contributed by atoms with Gasteiger partial charge in [-0.25, -0.2) is 9.18 Å². The minimum absolute atomic E-state index is 0.0372. The predicted octanol–water partition coefficient (Wildman–Crippen LogP) is 4.63. The van der Waals surface area contributed by atoms with Crippen LogP contribution in [0.25, 0.3) is 0 Å². The van der Waals surface area contributed by atoms with Crippen LogP contribution in [0.5, 0.6) is 0 Å². The number of halogens is 3. The average Bonchev–Trinajstić information content (AvgIpc) is 2.58. The molecule has 7 heteroatoms. The minimum Gasteiger partial charge on any atom is -0.459 e. The number of carbonyl (C=O) groups excluding carboxylic acids is 2. The highest BCUT2D eigenvalue weighted by Crippen LogP contribution is 2.22. The van der Waals surface area contributed by atoms with Crippen molar-refractivity contribution in [3.63, 3.8) is 0 Å². The molecular weight excluding hydrogens is 380 g/mol. The van der Waals surface area contributed by atoms with E-state index >= 15 is 0 Å². The summed E-state index contributed by atoms with van der Waals surface area (Å²) in [6.07, 6.45) is 0. The molecule has 0 spiro atoms. The number of hydrogen-bond acceptors (Lipinski definition) is 3. The van der Waals surface area contributed by atoms with E-state index < -0.39 is 23.7 Å². The van der Waals surface area contributed by atoms with Crippen LogP contribution in [-0.2, 0) is 16.1 Å². The highest BCUT2D eigenvalue weighted by Gasteiger charge is 2.26. The molecule has 0 aliphatic carbocycles. The largest absolute Gasteiger partial charge is 0.459 e. The van der Waals surface area contributed by atoms with Gasteiger partial charge in [-0.05, 0) is 42.3 Å². The second-order valence-electron chi connectivity index (χ2n) is 6.05. The lowest BCUT2D eigenvalue weighted by atomic mass is 10.0. The summed E-state index contributed by atoms with van der Waals surface area (Å²) in [5.74, 6) is -1.71. The second-order valence-corrected chi connectivity index (χ2v) is 6.89. The Labute approximate surface area is 161 Å². The van der Waals surface area contributed by atoms with Crippen molar-refractivity contribution >= 4 is 35.1 Å². The maximum atomic E-state index is 13.0. The van der Waals surface area contributed by atoms with Gasteiger partial charge in [0, 0.05) is 21.2 Å². The Morgan fingerprint density at radius 2 is 1.77 bits per heavy atom. The van der Waals surface area contributed by atoms with Crippen LogP contribution < -0.4 is 5.32 Å². The van der Waals surface area contributed by atoms with Crippen LogP contribution in [-0.4, -0.2) is 17.9 Å². The Morgan fingerprint density at radius 3 is 2.35 bits per heavy atom. The van der Waals surface area contributed by atoms with Gasteiger partial charge in [0.1, 0.15) is 18.5 Å².